The Hall–Kier alpha value is -0.280. The van der Waals surface area contributed by atoms with Crippen molar-refractivity contribution < 1.29 is 4.79 Å². The van der Waals surface area contributed by atoms with E-state index in [9.17, 15) is 4.79 Å². The second-order valence-corrected chi connectivity index (χ2v) is 5.60. The lowest BCUT2D eigenvalue weighted by Crippen LogP contribution is -2.44. The quantitative estimate of drug-likeness (QED) is 0.861. The third-order valence-corrected chi connectivity index (χ3v) is 4.15. The van der Waals surface area contributed by atoms with Gasteiger partial charge in [-0.05, 0) is 19.8 Å². The number of halogens is 1. The molecule has 108 valence electrons. The van der Waals surface area contributed by atoms with Gasteiger partial charge in [-0.2, -0.15) is 0 Å². The number of hydrogen-bond acceptors (Lipinski definition) is 2. The Morgan fingerprint density at radius 2 is 1.56 bits per heavy atom. The summed E-state index contributed by atoms with van der Waals surface area (Å²) in [6.45, 7) is 3.85. The molecule has 0 aromatic carbocycles. The highest BCUT2D eigenvalue weighted by molar-refractivity contribution is 5.85. The number of hydrogen-bond donors (Lipinski definition) is 1. The molecule has 0 saturated heterocycles. The van der Waals surface area contributed by atoms with Crippen LogP contribution in [0, 0.1) is 5.92 Å². The van der Waals surface area contributed by atoms with E-state index in [-0.39, 0.29) is 30.3 Å². The highest BCUT2D eigenvalue weighted by Gasteiger charge is 2.26. The van der Waals surface area contributed by atoms with Gasteiger partial charge in [0.2, 0.25) is 5.91 Å². The van der Waals surface area contributed by atoms with Crippen molar-refractivity contribution in [1.82, 2.24) is 4.90 Å². The van der Waals surface area contributed by atoms with Crippen molar-refractivity contribution in [2.75, 3.05) is 7.05 Å². The van der Waals surface area contributed by atoms with Gasteiger partial charge in [-0.3, -0.25) is 4.79 Å². The normalized spacial score (nSPS) is 21.1. The van der Waals surface area contributed by atoms with Crippen LogP contribution in [-0.4, -0.2) is 29.9 Å². The van der Waals surface area contributed by atoms with Crippen LogP contribution >= 0.6 is 12.4 Å². The Bertz CT molecular complexity index is 238. The summed E-state index contributed by atoms with van der Waals surface area (Å²) in [7, 11) is 1.95. The summed E-state index contributed by atoms with van der Waals surface area (Å²) in [6, 6.07) is 0.377. The van der Waals surface area contributed by atoms with E-state index in [1.54, 1.807) is 0 Å². The highest BCUT2D eigenvalue weighted by atomic mass is 35.5. The largest absolute Gasteiger partial charge is 0.342 e. The molecule has 1 fully saturated rings. The van der Waals surface area contributed by atoms with E-state index in [2.05, 4.69) is 0 Å². The average molecular weight is 277 g/mol. The Labute approximate surface area is 118 Å². The molecule has 18 heavy (non-hydrogen) atoms. The highest BCUT2D eigenvalue weighted by Crippen LogP contribution is 2.22. The van der Waals surface area contributed by atoms with Crippen LogP contribution < -0.4 is 5.73 Å². The van der Waals surface area contributed by atoms with Crippen molar-refractivity contribution in [2.24, 2.45) is 11.7 Å². The SMILES string of the molecule is CC(N)C(C)C(=O)N(C)C1CCCCCCC1.Cl. The fourth-order valence-corrected chi connectivity index (χ4v) is 2.55. The van der Waals surface area contributed by atoms with Crippen LogP contribution in [0.4, 0.5) is 0 Å². The first-order valence-electron chi connectivity index (χ1n) is 7.06. The number of amides is 1. The minimum absolute atomic E-state index is 0. The summed E-state index contributed by atoms with van der Waals surface area (Å²) in [5, 5.41) is 0. The molecule has 0 aromatic heterocycles. The van der Waals surface area contributed by atoms with Crippen molar-refractivity contribution in [3.05, 3.63) is 0 Å². The van der Waals surface area contributed by atoms with Gasteiger partial charge in [-0.25, -0.2) is 0 Å². The summed E-state index contributed by atoms with van der Waals surface area (Å²) in [6.07, 6.45) is 8.84. The topological polar surface area (TPSA) is 46.3 Å². The van der Waals surface area contributed by atoms with Crippen molar-refractivity contribution >= 4 is 18.3 Å². The van der Waals surface area contributed by atoms with Crippen LogP contribution in [0.2, 0.25) is 0 Å². The third kappa shape index (κ3) is 5.15. The average Bonchev–Trinajstić information content (AvgIpc) is 2.25. The molecular formula is C14H29ClN2O. The third-order valence-electron chi connectivity index (χ3n) is 4.15. The lowest BCUT2D eigenvalue weighted by Gasteiger charge is -2.32. The molecule has 2 atom stereocenters. The molecule has 1 amide bonds. The van der Waals surface area contributed by atoms with Gasteiger partial charge in [-0.15, -0.1) is 12.4 Å². The van der Waals surface area contributed by atoms with Crippen molar-refractivity contribution in [2.45, 2.75) is 70.9 Å². The molecular weight excluding hydrogens is 248 g/mol. The molecule has 1 saturated carbocycles. The molecule has 1 aliphatic carbocycles. The zero-order valence-electron chi connectivity index (χ0n) is 12.0. The van der Waals surface area contributed by atoms with Crippen LogP contribution in [0.1, 0.15) is 58.8 Å². The zero-order valence-corrected chi connectivity index (χ0v) is 12.8. The molecule has 0 aromatic rings. The molecule has 2 unspecified atom stereocenters. The van der Waals surface area contributed by atoms with Crippen LogP contribution in [0.5, 0.6) is 0 Å². The van der Waals surface area contributed by atoms with Gasteiger partial charge in [0.1, 0.15) is 0 Å². The van der Waals surface area contributed by atoms with E-state index in [4.69, 9.17) is 5.73 Å². The molecule has 1 aliphatic rings. The monoisotopic (exact) mass is 276 g/mol. The van der Waals surface area contributed by atoms with Gasteiger partial charge in [0.05, 0.1) is 5.92 Å². The Balaban J connectivity index is 0.00000289. The number of carbonyl (C=O) groups excluding carboxylic acids is 1. The van der Waals surface area contributed by atoms with Crippen molar-refractivity contribution in [3.63, 3.8) is 0 Å². The minimum Gasteiger partial charge on any atom is -0.342 e. The summed E-state index contributed by atoms with van der Waals surface area (Å²) in [5.41, 5.74) is 5.81. The Morgan fingerprint density at radius 3 is 2.00 bits per heavy atom. The fourth-order valence-electron chi connectivity index (χ4n) is 2.55. The summed E-state index contributed by atoms with van der Waals surface area (Å²) < 4.78 is 0. The maximum atomic E-state index is 12.2. The van der Waals surface area contributed by atoms with Crippen LogP contribution in [-0.2, 0) is 4.79 Å². The molecule has 3 nitrogen and oxygen atoms in total. The predicted octanol–water partition coefficient (Wildman–Crippen LogP) is 2.96. The predicted molar refractivity (Wildman–Crippen MR) is 78.9 cm³/mol. The van der Waals surface area contributed by atoms with Gasteiger partial charge in [0, 0.05) is 19.1 Å². The fraction of sp³-hybridized carbons (Fsp3) is 0.929. The second kappa shape index (κ2) is 8.76. The Kier molecular flexibility index (Phi) is 8.62. The zero-order chi connectivity index (χ0) is 12.8. The second-order valence-electron chi connectivity index (χ2n) is 5.60. The molecule has 1 rings (SSSR count). The van der Waals surface area contributed by atoms with E-state index < -0.39 is 0 Å². The number of carbonyl (C=O) groups is 1. The summed E-state index contributed by atoms with van der Waals surface area (Å²) >= 11 is 0. The maximum absolute atomic E-state index is 12.2. The first-order chi connectivity index (χ1) is 8.04. The molecule has 0 radical (unpaired) electrons. The van der Waals surface area contributed by atoms with Crippen molar-refractivity contribution in [3.8, 4) is 0 Å². The lowest BCUT2D eigenvalue weighted by molar-refractivity contribution is -0.136. The molecule has 4 heteroatoms. The van der Waals surface area contributed by atoms with Gasteiger partial charge >= 0.3 is 0 Å². The molecule has 0 bridgehead atoms. The maximum Gasteiger partial charge on any atom is 0.226 e. The lowest BCUT2D eigenvalue weighted by atomic mass is 9.94. The smallest absolute Gasteiger partial charge is 0.226 e. The standard InChI is InChI=1S/C14H28N2O.ClH/c1-11(12(2)15)14(17)16(3)13-9-7-5-4-6-8-10-13;/h11-13H,4-10,15H2,1-3H3;1H. The van der Waals surface area contributed by atoms with Gasteiger partial charge < -0.3 is 10.6 Å². The first-order valence-corrected chi connectivity index (χ1v) is 7.06. The van der Waals surface area contributed by atoms with Crippen molar-refractivity contribution in [1.29, 1.82) is 0 Å². The Morgan fingerprint density at radius 1 is 1.11 bits per heavy atom. The molecule has 0 heterocycles. The summed E-state index contributed by atoms with van der Waals surface area (Å²) in [4.78, 5) is 14.2. The minimum atomic E-state index is -0.0644. The van der Waals surface area contributed by atoms with E-state index in [1.165, 1.54) is 32.1 Å². The van der Waals surface area contributed by atoms with Gasteiger partial charge in [0.15, 0.2) is 0 Å². The van der Waals surface area contributed by atoms with Crippen LogP contribution in [0.25, 0.3) is 0 Å². The summed E-state index contributed by atoms with van der Waals surface area (Å²) in [5.74, 6) is 0.149. The number of nitrogens with two attached hydrogens (primary N) is 1. The van der Waals surface area contributed by atoms with E-state index in [0.29, 0.717) is 6.04 Å². The molecule has 0 aliphatic heterocycles. The van der Waals surface area contributed by atoms with Crippen LogP contribution in [0.15, 0.2) is 0 Å². The van der Waals surface area contributed by atoms with Gasteiger partial charge in [0.25, 0.3) is 0 Å². The first kappa shape index (κ1) is 17.7. The number of rotatable bonds is 3. The van der Waals surface area contributed by atoms with Gasteiger partial charge in [-0.1, -0.05) is 39.0 Å². The van der Waals surface area contributed by atoms with E-state index >= 15 is 0 Å². The molecule has 0 spiro atoms. The van der Waals surface area contributed by atoms with E-state index in [0.717, 1.165) is 12.8 Å². The van der Waals surface area contributed by atoms with Crippen LogP contribution in [0.3, 0.4) is 0 Å². The van der Waals surface area contributed by atoms with E-state index in [1.807, 2.05) is 25.8 Å². The number of nitrogens with zero attached hydrogens (tertiary/aromatic N) is 1. The molecule has 2 N–H and O–H groups in total.